The number of para-hydroxylation sites is 1. The van der Waals surface area contributed by atoms with Crippen LogP contribution in [0.15, 0.2) is 194 Å². The summed E-state index contributed by atoms with van der Waals surface area (Å²) < 4.78 is 38.2. The Morgan fingerprint density at radius 2 is 0.981 bits per heavy atom. The molecule has 8 aromatic rings. The zero-order chi connectivity index (χ0) is 39.9. The van der Waals surface area contributed by atoms with Crippen LogP contribution in [0, 0.1) is 0 Å². The van der Waals surface area contributed by atoms with Crippen molar-refractivity contribution >= 4 is 17.1 Å². The van der Waals surface area contributed by atoms with Crippen molar-refractivity contribution in [2.75, 3.05) is 4.90 Å². The topological polar surface area (TPSA) is 3.24 Å². The second kappa shape index (κ2) is 12.3. The third-order valence-corrected chi connectivity index (χ3v) is 11.8. The van der Waals surface area contributed by atoms with Crippen molar-refractivity contribution in [3.05, 3.63) is 222 Å². The van der Waals surface area contributed by atoms with E-state index in [2.05, 4.69) is 148 Å². The predicted octanol–water partition coefficient (Wildman–Crippen LogP) is 14.1. The van der Waals surface area contributed by atoms with Crippen LogP contribution >= 0.6 is 0 Å². The second-order valence-corrected chi connectivity index (χ2v) is 15.1. The van der Waals surface area contributed by atoms with Crippen LogP contribution in [0.4, 0.5) is 17.1 Å². The molecule has 0 fully saturated rings. The van der Waals surface area contributed by atoms with E-state index in [1.165, 1.54) is 33.4 Å². The van der Waals surface area contributed by atoms with Gasteiger partial charge in [0.1, 0.15) is 0 Å². The standard InChI is InChI=1S/C53H41N/c1-52(2)46-25-13-10-21-41(46)42-34-33-40(35-49(42)52)54(39-31-29-37(30-32-39)36-17-6-4-7-18-36)50-28-15-12-22-43(50)44-24-16-27-48-51(44)45-23-11-14-26-47(45)53(48,3)38-19-8-5-9-20-38/h4-35H,1-3H3/i29D,30D,31D,32D. The van der Waals surface area contributed by atoms with Gasteiger partial charge in [0.15, 0.2) is 0 Å². The first-order valence-corrected chi connectivity index (χ1v) is 18.7. The van der Waals surface area contributed by atoms with Crippen molar-refractivity contribution in [2.45, 2.75) is 31.6 Å². The minimum atomic E-state index is -0.394. The summed E-state index contributed by atoms with van der Waals surface area (Å²) in [5.74, 6) is 0. The molecule has 0 saturated carbocycles. The first-order valence-electron chi connectivity index (χ1n) is 20.7. The summed E-state index contributed by atoms with van der Waals surface area (Å²) in [6.45, 7) is 6.81. The summed E-state index contributed by atoms with van der Waals surface area (Å²) in [5.41, 5.74) is 14.7. The number of hydrogen-bond donors (Lipinski definition) is 0. The summed E-state index contributed by atoms with van der Waals surface area (Å²) in [4.78, 5) is 1.97. The Bertz CT molecular complexity index is 2910. The van der Waals surface area contributed by atoms with Crippen LogP contribution < -0.4 is 4.90 Å². The van der Waals surface area contributed by atoms with Crippen LogP contribution in [0.5, 0.6) is 0 Å². The van der Waals surface area contributed by atoms with Crippen molar-refractivity contribution < 1.29 is 5.48 Å². The molecule has 1 heteroatoms. The third-order valence-electron chi connectivity index (χ3n) is 11.8. The van der Waals surface area contributed by atoms with Gasteiger partial charge in [-0.15, -0.1) is 0 Å². The highest BCUT2D eigenvalue weighted by molar-refractivity contribution is 5.99. The molecule has 0 spiro atoms. The lowest BCUT2D eigenvalue weighted by molar-refractivity contribution is 0.660. The van der Waals surface area contributed by atoms with Gasteiger partial charge in [-0.05, 0) is 104 Å². The van der Waals surface area contributed by atoms with Crippen molar-refractivity contribution in [3.63, 3.8) is 0 Å². The van der Waals surface area contributed by atoms with Gasteiger partial charge in [-0.25, -0.2) is 0 Å². The molecule has 258 valence electrons. The molecule has 0 heterocycles. The van der Waals surface area contributed by atoms with Gasteiger partial charge in [-0.3, -0.25) is 0 Å². The smallest absolute Gasteiger partial charge is 0.0645 e. The van der Waals surface area contributed by atoms with E-state index >= 15 is 0 Å². The molecular weight excluding hydrogens is 651 g/mol. The summed E-state index contributed by atoms with van der Waals surface area (Å²) in [7, 11) is 0. The molecule has 1 unspecified atom stereocenters. The normalized spacial score (nSPS) is 16.9. The van der Waals surface area contributed by atoms with Gasteiger partial charge in [0.2, 0.25) is 0 Å². The summed E-state index contributed by atoms with van der Waals surface area (Å²) in [5, 5.41) is 0. The predicted molar refractivity (Wildman–Crippen MR) is 227 cm³/mol. The van der Waals surface area contributed by atoms with Crippen molar-refractivity contribution in [3.8, 4) is 44.5 Å². The number of rotatable bonds is 6. The largest absolute Gasteiger partial charge is 0.310 e. The van der Waals surface area contributed by atoms with Crippen LogP contribution in [0.2, 0.25) is 0 Å². The third kappa shape index (κ3) is 4.78. The lowest BCUT2D eigenvalue weighted by Gasteiger charge is -2.30. The summed E-state index contributed by atoms with van der Waals surface area (Å²) in [6, 6.07) is 58.1. The summed E-state index contributed by atoms with van der Waals surface area (Å²) >= 11 is 0. The lowest BCUT2D eigenvalue weighted by atomic mass is 9.74. The maximum atomic E-state index is 9.70. The fraction of sp³-hybridized carbons (Fsp3) is 0.0943. The molecule has 0 amide bonds. The van der Waals surface area contributed by atoms with E-state index < -0.39 is 5.41 Å². The van der Waals surface area contributed by atoms with Gasteiger partial charge in [-0.1, -0.05) is 178 Å². The minimum Gasteiger partial charge on any atom is -0.310 e. The van der Waals surface area contributed by atoms with E-state index in [1.54, 1.807) is 0 Å². The molecule has 0 bridgehead atoms. The molecule has 8 aromatic carbocycles. The van der Waals surface area contributed by atoms with E-state index in [-0.39, 0.29) is 40.8 Å². The molecule has 0 N–H and O–H groups in total. The van der Waals surface area contributed by atoms with Gasteiger partial charge in [0.25, 0.3) is 0 Å². The lowest BCUT2D eigenvalue weighted by Crippen LogP contribution is -2.22. The number of benzene rings is 8. The Kier molecular flexibility index (Phi) is 6.42. The Hall–Kier alpha value is -6.44. The molecule has 10 rings (SSSR count). The van der Waals surface area contributed by atoms with Crippen molar-refractivity contribution in [2.24, 2.45) is 0 Å². The molecule has 1 nitrogen and oxygen atoms in total. The van der Waals surface area contributed by atoms with E-state index in [9.17, 15) is 5.48 Å². The maximum absolute atomic E-state index is 9.70. The monoisotopic (exact) mass is 695 g/mol. The van der Waals surface area contributed by atoms with E-state index in [0.29, 0.717) is 5.56 Å². The van der Waals surface area contributed by atoms with Gasteiger partial charge in [-0.2, -0.15) is 0 Å². The second-order valence-electron chi connectivity index (χ2n) is 15.1. The molecule has 1 atom stereocenters. The van der Waals surface area contributed by atoms with Gasteiger partial charge < -0.3 is 4.90 Å². The molecule has 0 aromatic heterocycles. The van der Waals surface area contributed by atoms with Crippen molar-refractivity contribution in [1.29, 1.82) is 0 Å². The molecule has 2 aliphatic rings. The fourth-order valence-corrected chi connectivity index (χ4v) is 9.13. The Balaban J connectivity index is 1.26. The van der Waals surface area contributed by atoms with Crippen molar-refractivity contribution in [1.82, 2.24) is 0 Å². The highest BCUT2D eigenvalue weighted by Gasteiger charge is 2.42. The van der Waals surface area contributed by atoms with Gasteiger partial charge in [0.05, 0.1) is 11.2 Å². The first kappa shape index (κ1) is 28.1. The van der Waals surface area contributed by atoms with E-state index in [0.717, 1.165) is 39.2 Å². The zero-order valence-corrected chi connectivity index (χ0v) is 30.6. The number of anilines is 3. The van der Waals surface area contributed by atoms with Gasteiger partial charge >= 0.3 is 0 Å². The Morgan fingerprint density at radius 3 is 1.74 bits per heavy atom. The SMILES string of the molecule is [2H]c1c([2H])c(N(c2ccc3c(c2)C(C)(C)c2ccccc2-3)c2ccccc2-c2cccc3c2-c2ccccc2C3(C)c2ccccc2)c([2H])c([2H])c1-c1ccccc1. The minimum absolute atomic E-state index is 0.0771. The highest BCUT2D eigenvalue weighted by atomic mass is 15.1. The molecule has 54 heavy (non-hydrogen) atoms. The van der Waals surface area contributed by atoms with E-state index in [4.69, 9.17) is 0 Å². The van der Waals surface area contributed by atoms with Crippen LogP contribution in [0.1, 0.15) is 54.1 Å². The molecule has 2 aliphatic carbocycles. The number of nitrogens with zero attached hydrogens (tertiary/aromatic N) is 1. The van der Waals surface area contributed by atoms with Crippen LogP contribution in [0.3, 0.4) is 0 Å². The molecule has 0 aliphatic heterocycles. The number of hydrogen-bond acceptors (Lipinski definition) is 1. The zero-order valence-electron chi connectivity index (χ0n) is 34.6. The Labute approximate surface area is 324 Å². The number of fused-ring (bicyclic) bond motifs is 6. The fourth-order valence-electron chi connectivity index (χ4n) is 9.13. The van der Waals surface area contributed by atoms with Crippen LogP contribution in [-0.2, 0) is 10.8 Å². The quantitative estimate of drug-likeness (QED) is 0.167. The average molecular weight is 696 g/mol. The molecule has 0 saturated heterocycles. The molecular formula is C53H41N. The Morgan fingerprint density at radius 1 is 0.407 bits per heavy atom. The highest BCUT2D eigenvalue weighted by Crippen LogP contribution is 2.57. The molecule has 0 radical (unpaired) electrons. The maximum Gasteiger partial charge on any atom is 0.0645 e. The first-order chi connectivity index (χ1) is 28.1. The van der Waals surface area contributed by atoms with E-state index in [1.807, 2.05) is 47.4 Å². The average Bonchev–Trinajstić information content (AvgIpc) is 3.66. The van der Waals surface area contributed by atoms with Crippen LogP contribution in [0.25, 0.3) is 44.5 Å². The van der Waals surface area contributed by atoms with Gasteiger partial charge in [0, 0.05) is 27.8 Å². The summed E-state index contributed by atoms with van der Waals surface area (Å²) in [6.07, 6.45) is 0. The van der Waals surface area contributed by atoms with Crippen LogP contribution in [-0.4, -0.2) is 0 Å².